The van der Waals surface area contributed by atoms with E-state index in [1.54, 1.807) is 0 Å². The zero-order valence-electron chi connectivity index (χ0n) is 5.76. The fraction of sp³-hybridized carbons (Fsp3) is 1.00. The average molecular weight is 218 g/mol. The summed E-state index contributed by atoms with van der Waals surface area (Å²) < 4.78 is 36.8. The third-order valence-electron chi connectivity index (χ3n) is 0.805. The lowest BCUT2D eigenvalue weighted by molar-refractivity contribution is 0.565. The minimum Gasteiger partial charge on any atom is -0.306 e. The van der Waals surface area contributed by atoms with Gasteiger partial charge in [0, 0.05) is 11.5 Å². The number of hydrogen-bond donors (Lipinski definition) is 2. The van der Waals surface area contributed by atoms with Gasteiger partial charge in [0.2, 0.25) is 0 Å². The highest BCUT2D eigenvalue weighted by atomic mass is 32.2. The van der Waals surface area contributed by atoms with Gasteiger partial charge in [-0.2, -0.15) is 11.8 Å². The molecule has 0 aromatic rings. The Kier molecular flexibility index (Phi) is 7.61. The summed E-state index contributed by atoms with van der Waals surface area (Å²) in [6, 6.07) is 0. The summed E-state index contributed by atoms with van der Waals surface area (Å²) >= 11 is -2.07. The maximum atomic E-state index is 10.1. The molecule has 2 N–H and O–H groups in total. The Bertz CT molecular complexity index is 132. The first kappa shape index (κ1) is 11.6. The lowest BCUT2D eigenvalue weighted by atomic mass is 10.9. The average Bonchev–Trinajstić information content (AvgIpc) is 1.85. The largest absolute Gasteiger partial charge is 0.306 e. The van der Waals surface area contributed by atoms with E-state index < -0.39 is 22.2 Å². The van der Waals surface area contributed by atoms with Crippen molar-refractivity contribution in [1.82, 2.24) is 0 Å². The summed E-state index contributed by atoms with van der Waals surface area (Å²) in [7, 11) is 0. The van der Waals surface area contributed by atoms with Crippen LogP contribution in [-0.2, 0) is 22.2 Å². The van der Waals surface area contributed by atoms with Gasteiger partial charge in [-0.15, -0.1) is 0 Å². The highest BCUT2D eigenvalue weighted by Gasteiger charge is 1.96. The van der Waals surface area contributed by atoms with Crippen molar-refractivity contribution >= 4 is 33.9 Å². The van der Waals surface area contributed by atoms with E-state index in [0.717, 1.165) is 0 Å². The molecule has 0 fully saturated rings. The Labute approximate surface area is 74.7 Å². The lowest BCUT2D eigenvalue weighted by Crippen LogP contribution is -2.02. The van der Waals surface area contributed by atoms with Crippen molar-refractivity contribution in [2.75, 3.05) is 23.0 Å². The molecular weight excluding hydrogens is 208 g/mol. The summed E-state index contributed by atoms with van der Waals surface area (Å²) in [4.78, 5) is 0. The molecule has 2 atom stereocenters. The van der Waals surface area contributed by atoms with E-state index in [9.17, 15) is 8.42 Å². The summed E-state index contributed by atoms with van der Waals surface area (Å²) in [5.74, 6) is 1.56. The van der Waals surface area contributed by atoms with Gasteiger partial charge < -0.3 is 9.11 Å². The second kappa shape index (κ2) is 7.23. The standard InChI is InChI=1S/C4H10O4S3/c5-10(6)3-1-9-2-4-11(7)8/h1-4H2,(H,5,6)(H,7,8). The van der Waals surface area contributed by atoms with Crippen molar-refractivity contribution in [2.24, 2.45) is 0 Å². The van der Waals surface area contributed by atoms with Crippen molar-refractivity contribution in [3.05, 3.63) is 0 Å². The molecule has 2 unspecified atom stereocenters. The fourth-order valence-electron chi connectivity index (χ4n) is 0.362. The molecule has 7 heteroatoms. The molecule has 0 saturated carbocycles. The predicted molar refractivity (Wildman–Crippen MR) is 48.6 cm³/mol. The quantitative estimate of drug-likeness (QED) is 0.491. The molecule has 4 nitrogen and oxygen atoms in total. The minimum absolute atomic E-state index is 0.225. The number of thioether (sulfide) groups is 1. The molecular formula is C4H10O4S3. The van der Waals surface area contributed by atoms with Crippen LogP contribution in [0.4, 0.5) is 0 Å². The van der Waals surface area contributed by atoms with Crippen molar-refractivity contribution in [3.8, 4) is 0 Å². The molecule has 0 aliphatic heterocycles. The van der Waals surface area contributed by atoms with Crippen LogP contribution in [0.1, 0.15) is 0 Å². The van der Waals surface area contributed by atoms with Gasteiger partial charge in [0.15, 0.2) is 22.2 Å². The van der Waals surface area contributed by atoms with Crippen LogP contribution < -0.4 is 0 Å². The van der Waals surface area contributed by atoms with Crippen LogP contribution in [0.3, 0.4) is 0 Å². The molecule has 0 rings (SSSR count). The van der Waals surface area contributed by atoms with Gasteiger partial charge in [0.05, 0.1) is 11.5 Å². The zero-order chi connectivity index (χ0) is 8.69. The smallest absolute Gasteiger partial charge is 0.153 e. The maximum Gasteiger partial charge on any atom is 0.153 e. The predicted octanol–water partition coefficient (Wildman–Crippen LogP) is 0.163. The Morgan fingerprint density at radius 1 is 1.00 bits per heavy atom. The summed E-state index contributed by atoms with van der Waals surface area (Å²) in [6.45, 7) is 0. The SMILES string of the molecule is O=S(O)CCSCCS(=O)O. The van der Waals surface area contributed by atoms with E-state index in [4.69, 9.17) is 9.11 Å². The van der Waals surface area contributed by atoms with Crippen molar-refractivity contribution in [3.63, 3.8) is 0 Å². The lowest BCUT2D eigenvalue weighted by Gasteiger charge is -1.95. The van der Waals surface area contributed by atoms with Gasteiger partial charge in [0.25, 0.3) is 0 Å². The molecule has 0 aromatic carbocycles. The van der Waals surface area contributed by atoms with E-state index in [2.05, 4.69) is 0 Å². The molecule has 0 spiro atoms. The highest BCUT2D eigenvalue weighted by molar-refractivity contribution is 8.00. The van der Waals surface area contributed by atoms with Crippen molar-refractivity contribution in [1.29, 1.82) is 0 Å². The third-order valence-corrected chi connectivity index (χ3v) is 3.41. The first-order valence-corrected chi connectivity index (χ1v) is 6.56. The molecule has 11 heavy (non-hydrogen) atoms. The molecule has 0 aliphatic carbocycles. The van der Waals surface area contributed by atoms with Gasteiger partial charge in [0.1, 0.15) is 0 Å². The molecule has 68 valence electrons. The second-order valence-electron chi connectivity index (χ2n) is 1.66. The summed E-state index contributed by atoms with van der Waals surface area (Å²) in [6.07, 6.45) is 0. The van der Waals surface area contributed by atoms with E-state index in [-0.39, 0.29) is 11.5 Å². The zero-order valence-corrected chi connectivity index (χ0v) is 8.21. The number of hydrogen-bond acceptors (Lipinski definition) is 3. The maximum absolute atomic E-state index is 10.1. The molecule has 0 saturated heterocycles. The Hall–Kier alpha value is 0.570. The Balaban J connectivity index is 3.03. The van der Waals surface area contributed by atoms with Crippen LogP contribution in [0, 0.1) is 0 Å². The van der Waals surface area contributed by atoms with Crippen LogP contribution in [0.25, 0.3) is 0 Å². The van der Waals surface area contributed by atoms with Crippen LogP contribution in [0.5, 0.6) is 0 Å². The third kappa shape index (κ3) is 10.6. The topological polar surface area (TPSA) is 74.6 Å². The normalized spacial score (nSPS) is 16.2. The first-order valence-electron chi connectivity index (χ1n) is 2.85. The summed E-state index contributed by atoms with van der Waals surface area (Å²) in [5, 5.41) is 0. The molecule has 0 radical (unpaired) electrons. The van der Waals surface area contributed by atoms with E-state index in [1.807, 2.05) is 0 Å². The minimum atomic E-state index is -1.74. The van der Waals surface area contributed by atoms with E-state index in [1.165, 1.54) is 11.8 Å². The number of rotatable bonds is 6. The van der Waals surface area contributed by atoms with Gasteiger partial charge in [-0.25, -0.2) is 8.42 Å². The van der Waals surface area contributed by atoms with Gasteiger partial charge in [-0.1, -0.05) is 0 Å². The van der Waals surface area contributed by atoms with E-state index in [0.29, 0.717) is 11.5 Å². The Morgan fingerprint density at radius 3 is 1.64 bits per heavy atom. The van der Waals surface area contributed by atoms with Gasteiger partial charge >= 0.3 is 0 Å². The molecule has 0 aliphatic rings. The summed E-state index contributed by atoms with van der Waals surface area (Å²) in [5.41, 5.74) is 0. The molecule has 0 heterocycles. The fourth-order valence-corrected chi connectivity index (χ4v) is 2.65. The van der Waals surface area contributed by atoms with Gasteiger partial charge in [-0.3, -0.25) is 0 Å². The van der Waals surface area contributed by atoms with Gasteiger partial charge in [-0.05, 0) is 0 Å². The highest BCUT2D eigenvalue weighted by Crippen LogP contribution is 1.99. The van der Waals surface area contributed by atoms with Crippen LogP contribution in [0.15, 0.2) is 0 Å². The first-order chi connectivity index (χ1) is 5.13. The van der Waals surface area contributed by atoms with Crippen molar-refractivity contribution in [2.45, 2.75) is 0 Å². The monoisotopic (exact) mass is 218 g/mol. The molecule has 0 aromatic heterocycles. The molecule has 0 bridgehead atoms. The second-order valence-corrected chi connectivity index (χ2v) is 4.99. The van der Waals surface area contributed by atoms with Crippen LogP contribution in [-0.4, -0.2) is 40.5 Å². The van der Waals surface area contributed by atoms with Crippen LogP contribution in [0.2, 0.25) is 0 Å². The van der Waals surface area contributed by atoms with E-state index >= 15 is 0 Å². The Morgan fingerprint density at radius 2 is 1.36 bits per heavy atom. The van der Waals surface area contributed by atoms with Crippen LogP contribution >= 0.6 is 11.8 Å². The molecule has 0 amide bonds. The van der Waals surface area contributed by atoms with Crippen molar-refractivity contribution < 1.29 is 17.5 Å².